The van der Waals surface area contributed by atoms with Gasteiger partial charge in [0.1, 0.15) is 5.82 Å². The smallest absolute Gasteiger partial charge is 0.171 e. The molecule has 1 aromatic heterocycles. The Kier molecular flexibility index (Phi) is 5.87. The van der Waals surface area contributed by atoms with Gasteiger partial charge >= 0.3 is 0 Å². The highest BCUT2D eigenvalue weighted by atomic mass is 32.1. The van der Waals surface area contributed by atoms with E-state index in [9.17, 15) is 0 Å². The molecule has 0 radical (unpaired) electrons. The molecule has 2 N–H and O–H groups in total. The van der Waals surface area contributed by atoms with E-state index in [1.165, 1.54) is 18.4 Å². The summed E-state index contributed by atoms with van der Waals surface area (Å²) in [5.74, 6) is 1.79. The molecule has 5 heteroatoms. The highest BCUT2D eigenvalue weighted by molar-refractivity contribution is 7.80. The van der Waals surface area contributed by atoms with Crippen molar-refractivity contribution in [2.24, 2.45) is 5.92 Å². The average Bonchev–Trinajstić information content (AvgIpc) is 2.63. The van der Waals surface area contributed by atoms with Gasteiger partial charge in [0.15, 0.2) is 5.11 Å². The van der Waals surface area contributed by atoms with E-state index >= 15 is 0 Å². The van der Waals surface area contributed by atoms with Gasteiger partial charge in [-0.2, -0.15) is 0 Å². The number of nitrogens with one attached hydrogen (secondary N) is 2. The van der Waals surface area contributed by atoms with Gasteiger partial charge in [-0.15, -0.1) is 0 Å². The van der Waals surface area contributed by atoms with Gasteiger partial charge in [-0.05, 0) is 55.6 Å². The van der Waals surface area contributed by atoms with E-state index < -0.39 is 0 Å². The minimum atomic E-state index is 0.156. The number of piperidine rings is 1. The molecule has 1 aliphatic rings. The van der Waals surface area contributed by atoms with Crippen molar-refractivity contribution in [2.75, 3.05) is 23.3 Å². The van der Waals surface area contributed by atoms with Crippen LogP contribution in [0.4, 0.5) is 11.5 Å². The molecule has 1 saturated heterocycles. The standard InChI is InChI=1S/C20H26N4S/c1-15-7-6-12-24(14-15)19-11-10-18(13-21-19)23-20(25)22-16(2)17-8-4-3-5-9-17/h3-5,8-11,13,15-16H,6-7,12,14H2,1-2H3,(H2,22,23,25)/t15-,16-/m0/s1. The molecule has 0 bridgehead atoms. The molecule has 0 unspecified atom stereocenters. The number of pyridine rings is 1. The van der Waals surface area contributed by atoms with Crippen molar-refractivity contribution in [1.29, 1.82) is 0 Å². The number of nitrogens with zero attached hydrogens (tertiary/aromatic N) is 2. The number of hydrogen-bond acceptors (Lipinski definition) is 3. The summed E-state index contributed by atoms with van der Waals surface area (Å²) in [7, 11) is 0. The Morgan fingerprint density at radius 1 is 1.24 bits per heavy atom. The Hall–Kier alpha value is -2.14. The van der Waals surface area contributed by atoms with E-state index in [2.05, 4.69) is 52.6 Å². The molecule has 132 valence electrons. The average molecular weight is 355 g/mol. The fraction of sp³-hybridized carbons (Fsp3) is 0.400. The van der Waals surface area contributed by atoms with Gasteiger partial charge in [0.25, 0.3) is 0 Å². The first-order valence-electron chi connectivity index (χ1n) is 8.95. The van der Waals surface area contributed by atoms with Gasteiger partial charge in [0, 0.05) is 13.1 Å². The number of rotatable bonds is 4. The lowest BCUT2D eigenvalue weighted by Crippen LogP contribution is -2.34. The number of hydrogen-bond donors (Lipinski definition) is 2. The maximum Gasteiger partial charge on any atom is 0.171 e. The normalized spacial score (nSPS) is 18.5. The van der Waals surface area contributed by atoms with Crippen LogP contribution in [-0.4, -0.2) is 23.2 Å². The van der Waals surface area contributed by atoms with Crippen LogP contribution >= 0.6 is 12.2 Å². The molecule has 0 spiro atoms. The van der Waals surface area contributed by atoms with Gasteiger partial charge in [0.2, 0.25) is 0 Å². The number of aromatic nitrogens is 1. The first-order chi connectivity index (χ1) is 12.1. The van der Waals surface area contributed by atoms with Crippen molar-refractivity contribution < 1.29 is 0 Å². The third kappa shape index (κ3) is 4.92. The quantitative estimate of drug-likeness (QED) is 0.798. The molecular weight excluding hydrogens is 328 g/mol. The van der Waals surface area contributed by atoms with Crippen LogP contribution in [0.1, 0.15) is 38.3 Å². The third-order valence-electron chi connectivity index (χ3n) is 4.63. The molecule has 0 saturated carbocycles. The van der Waals surface area contributed by atoms with Crippen molar-refractivity contribution in [3.05, 3.63) is 54.2 Å². The van der Waals surface area contributed by atoms with Crippen LogP contribution in [0.15, 0.2) is 48.7 Å². The van der Waals surface area contributed by atoms with Crippen molar-refractivity contribution >= 4 is 28.8 Å². The summed E-state index contributed by atoms with van der Waals surface area (Å²) < 4.78 is 0. The second-order valence-electron chi connectivity index (χ2n) is 6.83. The maximum atomic E-state index is 5.43. The Labute approximate surface area is 155 Å². The van der Waals surface area contributed by atoms with Crippen molar-refractivity contribution in [2.45, 2.75) is 32.7 Å². The van der Waals surface area contributed by atoms with E-state index in [1.807, 2.05) is 30.5 Å². The summed E-state index contributed by atoms with van der Waals surface area (Å²) in [5, 5.41) is 7.14. The van der Waals surface area contributed by atoms with Crippen LogP contribution in [0.3, 0.4) is 0 Å². The fourth-order valence-electron chi connectivity index (χ4n) is 3.23. The van der Waals surface area contributed by atoms with Crippen LogP contribution < -0.4 is 15.5 Å². The van der Waals surface area contributed by atoms with Crippen molar-refractivity contribution in [3.8, 4) is 0 Å². The van der Waals surface area contributed by atoms with E-state index in [1.54, 1.807) is 0 Å². The number of anilines is 2. The molecule has 1 aliphatic heterocycles. The summed E-state index contributed by atoms with van der Waals surface area (Å²) in [6.45, 7) is 6.59. The topological polar surface area (TPSA) is 40.2 Å². The first-order valence-corrected chi connectivity index (χ1v) is 9.36. The summed E-state index contributed by atoms with van der Waals surface area (Å²) in [6.07, 6.45) is 4.42. The molecule has 0 aliphatic carbocycles. The Balaban J connectivity index is 1.55. The Morgan fingerprint density at radius 2 is 2.04 bits per heavy atom. The predicted molar refractivity (Wildman–Crippen MR) is 109 cm³/mol. The minimum Gasteiger partial charge on any atom is -0.356 e. The van der Waals surface area contributed by atoms with Gasteiger partial charge < -0.3 is 15.5 Å². The van der Waals surface area contributed by atoms with Crippen LogP contribution in [0.25, 0.3) is 0 Å². The molecule has 25 heavy (non-hydrogen) atoms. The lowest BCUT2D eigenvalue weighted by atomic mass is 10.0. The summed E-state index contributed by atoms with van der Waals surface area (Å²) in [5.41, 5.74) is 2.12. The largest absolute Gasteiger partial charge is 0.356 e. The second kappa shape index (κ2) is 8.30. The summed E-state index contributed by atoms with van der Waals surface area (Å²) in [6, 6.07) is 14.5. The van der Waals surface area contributed by atoms with Crippen molar-refractivity contribution in [3.63, 3.8) is 0 Å². The van der Waals surface area contributed by atoms with E-state index in [0.29, 0.717) is 5.11 Å². The molecule has 1 fully saturated rings. The molecule has 2 aromatic rings. The number of thiocarbonyl (C=S) groups is 1. The van der Waals surface area contributed by atoms with Gasteiger partial charge in [-0.25, -0.2) is 4.98 Å². The maximum absolute atomic E-state index is 5.43. The van der Waals surface area contributed by atoms with Crippen molar-refractivity contribution in [1.82, 2.24) is 10.3 Å². The van der Waals surface area contributed by atoms with E-state index in [0.717, 1.165) is 30.5 Å². The SMILES string of the molecule is C[C@H]1CCCN(c2ccc(NC(=S)N[C@@H](C)c3ccccc3)cn2)C1. The molecule has 2 heterocycles. The van der Waals surface area contributed by atoms with Crippen LogP contribution in [0.5, 0.6) is 0 Å². The number of benzene rings is 1. The predicted octanol–water partition coefficient (Wildman–Crippen LogP) is 4.37. The van der Waals surface area contributed by atoms with Gasteiger partial charge in [-0.1, -0.05) is 37.3 Å². The lowest BCUT2D eigenvalue weighted by molar-refractivity contribution is 0.444. The molecule has 3 rings (SSSR count). The molecule has 0 amide bonds. The first kappa shape index (κ1) is 17.7. The summed E-state index contributed by atoms with van der Waals surface area (Å²) in [4.78, 5) is 6.97. The Bertz CT molecular complexity index is 687. The lowest BCUT2D eigenvalue weighted by Gasteiger charge is -2.31. The summed E-state index contributed by atoms with van der Waals surface area (Å²) >= 11 is 5.43. The third-order valence-corrected chi connectivity index (χ3v) is 4.85. The zero-order chi connectivity index (χ0) is 17.6. The minimum absolute atomic E-state index is 0.156. The molecule has 4 nitrogen and oxygen atoms in total. The van der Waals surface area contributed by atoms with Crippen LogP contribution in [-0.2, 0) is 0 Å². The van der Waals surface area contributed by atoms with E-state index in [4.69, 9.17) is 12.2 Å². The zero-order valence-corrected chi connectivity index (χ0v) is 15.7. The van der Waals surface area contributed by atoms with Gasteiger partial charge in [0.05, 0.1) is 17.9 Å². The molecule has 1 aromatic carbocycles. The van der Waals surface area contributed by atoms with Crippen LogP contribution in [0, 0.1) is 5.92 Å². The highest BCUT2D eigenvalue weighted by Crippen LogP contribution is 2.22. The fourth-order valence-corrected chi connectivity index (χ4v) is 3.53. The monoisotopic (exact) mass is 354 g/mol. The Morgan fingerprint density at radius 3 is 2.72 bits per heavy atom. The second-order valence-corrected chi connectivity index (χ2v) is 7.24. The molecular formula is C20H26N4S. The van der Waals surface area contributed by atoms with E-state index in [-0.39, 0.29) is 6.04 Å². The molecule has 2 atom stereocenters. The van der Waals surface area contributed by atoms with Gasteiger partial charge in [-0.3, -0.25) is 0 Å². The van der Waals surface area contributed by atoms with Crippen LogP contribution in [0.2, 0.25) is 0 Å². The zero-order valence-electron chi connectivity index (χ0n) is 14.9. The highest BCUT2D eigenvalue weighted by Gasteiger charge is 2.17.